The first-order chi connectivity index (χ1) is 8.65. The molecule has 1 aromatic carbocycles. The third-order valence-electron chi connectivity index (χ3n) is 2.96. The van der Waals surface area contributed by atoms with E-state index >= 15 is 0 Å². The Bertz CT molecular complexity index is 382. The molecule has 1 amide bonds. The number of halogens is 1. The summed E-state index contributed by atoms with van der Waals surface area (Å²) in [7, 11) is 0. The van der Waals surface area contributed by atoms with Crippen LogP contribution in [0, 0.1) is 6.92 Å². The highest BCUT2D eigenvalue weighted by Crippen LogP contribution is 2.16. The smallest absolute Gasteiger partial charge is 0.227 e. The lowest BCUT2D eigenvalue weighted by Crippen LogP contribution is -2.34. The average molecular weight is 285 g/mol. The number of carbonyl (C=O) groups is 1. The summed E-state index contributed by atoms with van der Waals surface area (Å²) in [5.41, 5.74) is 2.27. The van der Waals surface area contributed by atoms with Crippen LogP contribution < -0.4 is 10.6 Å². The third kappa shape index (κ3) is 6.60. The molecule has 1 atom stereocenters. The summed E-state index contributed by atoms with van der Waals surface area (Å²) in [6.07, 6.45) is 1.12. The minimum absolute atomic E-state index is 0. The lowest BCUT2D eigenvalue weighted by molar-refractivity contribution is -0.122. The number of benzene rings is 1. The van der Waals surface area contributed by atoms with Crippen LogP contribution in [-0.2, 0) is 4.79 Å². The van der Waals surface area contributed by atoms with Crippen molar-refractivity contribution in [2.24, 2.45) is 0 Å². The maximum absolute atomic E-state index is 11.9. The molecule has 1 unspecified atom stereocenters. The molecule has 2 N–H and O–H groups in total. The van der Waals surface area contributed by atoms with Crippen LogP contribution >= 0.6 is 12.4 Å². The number of aryl methyl sites for hydroxylation is 1. The predicted molar refractivity (Wildman–Crippen MR) is 83.0 cm³/mol. The molecule has 0 aliphatic heterocycles. The Morgan fingerprint density at radius 2 is 2.00 bits per heavy atom. The quantitative estimate of drug-likeness (QED) is 0.756. The maximum Gasteiger partial charge on any atom is 0.227 e. The highest BCUT2D eigenvalue weighted by molar-refractivity contribution is 5.85. The second-order valence-electron chi connectivity index (χ2n) is 4.68. The zero-order chi connectivity index (χ0) is 13.4. The van der Waals surface area contributed by atoms with Crippen LogP contribution in [0.25, 0.3) is 0 Å². The summed E-state index contributed by atoms with van der Waals surface area (Å²) in [5, 5.41) is 6.22. The van der Waals surface area contributed by atoms with E-state index in [4.69, 9.17) is 0 Å². The van der Waals surface area contributed by atoms with E-state index in [0.29, 0.717) is 6.54 Å². The van der Waals surface area contributed by atoms with Crippen LogP contribution in [-0.4, -0.2) is 25.5 Å². The molecule has 0 radical (unpaired) electrons. The Morgan fingerprint density at radius 3 is 2.63 bits per heavy atom. The fraction of sp³-hybridized carbons (Fsp3) is 0.533. The van der Waals surface area contributed by atoms with Crippen LogP contribution in [0.1, 0.15) is 37.3 Å². The lowest BCUT2D eigenvalue weighted by Gasteiger charge is -2.13. The lowest BCUT2D eigenvalue weighted by atomic mass is 9.99. The molecule has 0 aliphatic carbocycles. The van der Waals surface area contributed by atoms with E-state index in [1.807, 2.05) is 32.0 Å². The van der Waals surface area contributed by atoms with Crippen molar-refractivity contribution in [1.82, 2.24) is 10.6 Å². The summed E-state index contributed by atoms with van der Waals surface area (Å²) in [4.78, 5) is 11.9. The van der Waals surface area contributed by atoms with Crippen molar-refractivity contribution >= 4 is 18.3 Å². The highest BCUT2D eigenvalue weighted by Gasteiger charge is 2.14. The predicted octanol–water partition coefficient (Wildman–Crippen LogP) is 2.64. The zero-order valence-corrected chi connectivity index (χ0v) is 12.8. The van der Waals surface area contributed by atoms with Crippen LogP contribution in [0.15, 0.2) is 24.3 Å². The zero-order valence-electron chi connectivity index (χ0n) is 12.0. The van der Waals surface area contributed by atoms with Gasteiger partial charge in [0.1, 0.15) is 0 Å². The SMILES string of the molecule is CCCNCCNC(=O)C(C)c1cccc(C)c1.Cl. The van der Waals surface area contributed by atoms with E-state index in [2.05, 4.69) is 23.6 Å². The first-order valence-corrected chi connectivity index (χ1v) is 6.70. The molecule has 0 fully saturated rings. The van der Waals surface area contributed by atoms with Gasteiger partial charge in [0.25, 0.3) is 0 Å². The van der Waals surface area contributed by atoms with E-state index in [0.717, 1.165) is 25.1 Å². The second-order valence-corrected chi connectivity index (χ2v) is 4.68. The molecule has 0 saturated carbocycles. The molecule has 19 heavy (non-hydrogen) atoms. The van der Waals surface area contributed by atoms with Gasteiger partial charge in [-0.3, -0.25) is 4.79 Å². The van der Waals surface area contributed by atoms with Gasteiger partial charge in [-0.1, -0.05) is 36.8 Å². The van der Waals surface area contributed by atoms with Crippen molar-refractivity contribution in [3.05, 3.63) is 35.4 Å². The molecule has 3 nitrogen and oxygen atoms in total. The summed E-state index contributed by atoms with van der Waals surface area (Å²) in [6.45, 7) is 8.65. The first kappa shape index (κ1) is 17.9. The van der Waals surface area contributed by atoms with Crippen molar-refractivity contribution in [2.45, 2.75) is 33.1 Å². The molecule has 0 aromatic heterocycles. The van der Waals surface area contributed by atoms with E-state index in [1.54, 1.807) is 0 Å². The van der Waals surface area contributed by atoms with Crippen LogP contribution in [0.3, 0.4) is 0 Å². The number of carbonyl (C=O) groups excluding carboxylic acids is 1. The molecule has 0 spiro atoms. The van der Waals surface area contributed by atoms with Gasteiger partial charge in [0.05, 0.1) is 5.92 Å². The Labute approximate surface area is 122 Å². The van der Waals surface area contributed by atoms with Crippen molar-refractivity contribution in [2.75, 3.05) is 19.6 Å². The molecule has 0 saturated heterocycles. The van der Waals surface area contributed by atoms with Crippen molar-refractivity contribution in [1.29, 1.82) is 0 Å². The van der Waals surface area contributed by atoms with Gasteiger partial charge >= 0.3 is 0 Å². The molecular formula is C15H25ClN2O. The van der Waals surface area contributed by atoms with Crippen LogP contribution in [0.5, 0.6) is 0 Å². The number of amides is 1. The Hall–Kier alpha value is -1.06. The normalized spacial score (nSPS) is 11.5. The van der Waals surface area contributed by atoms with E-state index < -0.39 is 0 Å². The summed E-state index contributed by atoms with van der Waals surface area (Å²) >= 11 is 0. The average Bonchev–Trinajstić information content (AvgIpc) is 2.37. The topological polar surface area (TPSA) is 41.1 Å². The fourth-order valence-electron chi connectivity index (χ4n) is 1.82. The van der Waals surface area contributed by atoms with Crippen molar-refractivity contribution < 1.29 is 4.79 Å². The fourth-order valence-corrected chi connectivity index (χ4v) is 1.82. The van der Waals surface area contributed by atoms with Gasteiger partial charge < -0.3 is 10.6 Å². The number of nitrogens with one attached hydrogen (secondary N) is 2. The van der Waals surface area contributed by atoms with Crippen LogP contribution in [0.2, 0.25) is 0 Å². The Balaban J connectivity index is 0.00000324. The molecule has 1 aromatic rings. The minimum Gasteiger partial charge on any atom is -0.354 e. The molecule has 0 aliphatic rings. The number of rotatable bonds is 7. The molecule has 1 rings (SSSR count). The van der Waals surface area contributed by atoms with Gasteiger partial charge in [-0.05, 0) is 32.4 Å². The van der Waals surface area contributed by atoms with Crippen LogP contribution in [0.4, 0.5) is 0 Å². The molecule has 0 bridgehead atoms. The molecule has 0 heterocycles. The first-order valence-electron chi connectivity index (χ1n) is 6.70. The highest BCUT2D eigenvalue weighted by atomic mass is 35.5. The second kappa shape index (κ2) is 9.82. The van der Waals surface area contributed by atoms with E-state index in [1.165, 1.54) is 5.56 Å². The summed E-state index contributed by atoms with van der Waals surface area (Å²) < 4.78 is 0. The van der Waals surface area contributed by atoms with E-state index in [-0.39, 0.29) is 24.2 Å². The minimum atomic E-state index is -0.0870. The van der Waals surface area contributed by atoms with Gasteiger partial charge in [0, 0.05) is 13.1 Å². The van der Waals surface area contributed by atoms with Crippen molar-refractivity contribution in [3.63, 3.8) is 0 Å². The number of hydrogen-bond acceptors (Lipinski definition) is 2. The Kier molecular flexibility index (Phi) is 9.27. The van der Waals surface area contributed by atoms with Gasteiger partial charge in [-0.2, -0.15) is 0 Å². The summed E-state index contributed by atoms with van der Waals surface area (Å²) in [6, 6.07) is 8.12. The van der Waals surface area contributed by atoms with Crippen molar-refractivity contribution in [3.8, 4) is 0 Å². The monoisotopic (exact) mass is 284 g/mol. The summed E-state index contributed by atoms with van der Waals surface area (Å²) in [5.74, 6) is 0.00923. The standard InChI is InChI=1S/C15H24N2O.ClH/c1-4-8-16-9-10-17-15(18)13(3)14-7-5-6-12(2)11-14;/h5-7,11,13,16H,4,8-10H2,1-3H3,(H,17,18);1H. The molecule has 4 heteroatoms. The van der Waals surface area contributed by atoms with Gasteiger partial charge in [-0.25, -0.2) is 0 Å². The van der Waals surface area contributed by atoms with Gasteiger partial charge in [0.15, 0.2) is 0 Å². The maximum atomic E-state index is 11.9. The van der Waals surface area contributed by atoms with Gasteiger partial charge in [-0.15, -0.1) is 12.4 Å². The van der Waals surface area contributed by atoms with Gasteiger partial charge in [0.2, 0.25) is 5.91 Å². The third-order valence-corrected chi connectivity index (χ3v) is 2.96. The Morgan fingerprint density at radius 1 is 1.26 bits per heavy atom. The molecule has 108 valence electrons. The molecular weight excluding hydrogens is 260 g/mol. The largest absolute Gasteiger partial charge is 0.354 e. The number of hydrogen-bond donors (Lipinski definition) is 2. The van der Waals surface area contributed by atoms with E-state index in [9.17, 15) is 4.79 Å².